The molecule has 0 spiro atoms. The fraction of sp³-hybridized carbons (Fsp3) is 0.278. The first-order valence-electron chi connectivity index (χ1n) is 7.72. The number of aliphatic imine (C=N–C) groups is 1. The summed E-state index contributed by atoms with van der Waals surface area (Å²) in [7, 11) is -3.23. The second-order valence-electron chi connectivity index (χ2n) is 6.19. The molecule has 0 aliphatic rings. The Morgan fingerprint density at radius 3 is 2.31 bits per heavy atom. The van der Waals surface area contributed by atoms with Gasteiger partial charge in [0.1, 0.15) is 5.82 Å². The summed E-state index contributed by atoms with van der Waals surface area (Å²) in [5.74, 6) is -0.425. The number of aryl methyl sites for hydroxylation is 2. The van der Waals surface area contributed by atoms with E-state index in [0.717, 1.165) is 23.1 Å². The molecule has 0 aliphatic carbocycles. The predicted octanol–water partition coefficient (Wildman–Crippen LogP) is 3.53. The summed E-state index contributed by atoms with van der Waals surface area (Å²) in [6.45, 7) is 4.05. The first kappa shape index (κ1) is 22.4. The van der Waals surface area contributed by atoms with Crippen molar-refractivity contribution in [2.75, 3.05) is 11.6 Å². The molecule has 26 heavy (non-hydrogen) atoms. The Balaban J connectivity index is 0.00000338. The van der Waals surface area contributed by atoms with Crippen molar-refractivity contribution < 1.29 is 12.8 Å². The van der Waals surface area contributed by atoms with Crippen LogP contribution in [0.1, 0.15) is 22.3 Å². The normalized spacial score (nSPS) is 11.8. The van der Waals surface area contributed by atoms with Crippen LogP contribution in [0.2, 0.25) is 0 Å². The van der Waals surface area contributed by atoms with Crippen LogP contribution in [-0.2, 0) is 22.1 Å². The lowest BCUT2D eigenvalue weighted by Gasteiger charge is -2.10. The molecule has 0 aliphatic heterocycles. The number of benzene rings is 2. The van der Waals surface area contributed by atoms with Crippen LogP contribution in [0.25, 0.3) is 0 Å². The molecule has 0 amide bonds. The van der Waals surface area contributed by atoms with Gasteiger partial charge in [0, 0.05) is 11.9 Å². The first-order valence-corrected chi connectivity index (χ1v) is 9.79. The zero-order valence-electron chi connectivity index (χ0n) is 14.9. The molecule has 0 atom stereocenters. The average Bonchev–Trinajstić information content (AvgIpc) is 2.45. The number of rotatable bonds is 5. The Hall–Kier alpha value is -1.68. The number of nitrogens with two attached hydrogens (primary N) is 1. The third-order valence-electron chi connectivity index (χ3n) is 3.50. The maximum atomic E-state index is 13.5. The topological polar surface area (TPSA) is 84.5 Å². The number of nitrogens with zero attached hydrogens (tertiary/aromatic N) is 1. The van der Waals surface area contributed by atoms with E-state index < -0.39 is 15.7 Å². The molecule has 0 heterocycles. The molecule has 0 bridgehead atoms. The molecule has 0 saturated heterocycles. The van der Waals surface area contributed by atoms with Gasteiger partial charge in [0.15, 0.2) is 15.8 Å². The zero-order valence-corrected chi connectivity index (χ0v) is 18.1. The average molecular weight is 491 g/mol. The third-order valence-corrected chi connectivity index (χ3v) is 4.34. The van der Waals surface area contributed by atoms with Crippen LogP contribution in [0.4, 0.5) is 10.1 Å². The van der Waals surface area contributed by atoms with Crippen molar-refractivity contribution >= 4 is 45.5 Å². The quantitative estimate of drug-likeness (QED) is 0.381. The van der Waals surface area contributed by atoms with Gasteiger partial charge in [-0.2, -0.15) is 0 Å². The minimum atomic E-state index is -3.23. The number of halogens is 2. The molecule has 142 valence electrons. The first-order chi connectivity index (χ1) is 11.6. The zero-order chi connectivity index (χ0) is 18.6. The summed E-state index contributed by atoms with van der Waals surface area (Å²) in [5.41, 5.74) is 9.91. The van der Waals surface area contributed by atoms with E-state index in [2.05, 4.69) is 10.3 Å². The number of nitrogens with one attached hydrogen (secondary N) is 1. The molecule has 0 fully saturated rings. The van der Waals surface area contributed by atoms with Crippen molar-refractivity contribution in [1.82, 2.24) is 0 Å². The van der Waals surface area contributed by atoms with Crippen molar-refractivity contribution in [2.45, 2.75) is 26.1 Å². The Morgan fingerprint density at radius 2 is 1.73 bits per heavy atom. The third kappa shape index (κ3) is 7.28. The van der Waals surface area contributed by atoms with Gasteiger partial charge in [-0.25, -0.2) is 17.8 Å². The second-order valence-corrected chi connectivity index (χ2v) is 8.33. The van der Waals surface area contributed by atoms with E-state index in [9.17, 15) is 12.8 Å². The molecule has 2 aromatic rings. The van der Waals surface area contributed by atoms with Gasteiger partial charge in [-0.15, -0.1) is 24.0 Å². The predicted molar refractivity (Wildman–Crippen MR) is 115 cm³/mol. The summed E-state index contributed by atoms with van der Waals surface area (Å²) in [4.78, 5) is 4.20. The van der Waals surface area contributed by atoms with Crippen molar-refractivity contribution in [3.8, 4) is 0 Å². The molecule has 0 aromatic heterocycles. The monoisotopic (exact) mass is 491 g/mol. The van der Waals surface area contributed by atoms with Crippen LogP contribution in [0, 0.1) is 19.7 Å². The summed E-state index contributed by atoms with van der Waals surface area (Å²) in [6.07, 6.45) is 1.14. The van der Waals surface area contributed by atoms with Gasteiger partial charge < -0.3 is 11.1 Å². The number of guanidine groups is 1. The van der Waals surface area contributed by atoms with E-state index in [1.807, 2.05) is 32.0 Å². The van der Waals surface area contributed by atoms with E-state index in [-0.39, 0.29) is 42.2 Å². The van der Waals surface area contributed by atoms with Gasteiger partial charge in [0.2, 0.25) is 0 Å². The van der Waals surface area contributed by atoms with Gasteiger partial charge in [0.25, 0.3) is 0 Å². The largest absolute Gasteiger partial charge is 0.370 e. The summed E-state index contributed by atoms with van der Waals surface area (Å²) in [6, 6.07) is 9.91. The van der Waals surface area contributed by atoms with Crippen molar-refractivity contribution in [3.05, 3.63) is 64.5 Å². The summed E-state index contributed by atoms with van der Waals surface area (Å²) in [5, 5.41) is 2.99. The van der Waals surface area contributed by atoms with Crippen molar-refractivity contribution in [3.63, 3.8) is 0 Å². The lowest BCUT2D eigenvalue weighted by Crippen LogP contribution is -2.22. The Morgan fingerprint density at radius 1 is 1.12 bits per heavy atom. The van der Waals surface area contributed by atoms with E-state index in [4.69, 9.17) is 5.73 Å². The van der Waals surface area contributed by atoms with Gasteiger partial charge in [0.05, 0.1) is 12.3 Å². The minimum absolute atomic E-state index is 0. The lowest BCUT2D eigenvalue weighted by molar-refractivity contribution is 0.600. The highest BCUT2D eigenvalue weighted by atomic mass is 127. The number of hydrogen-bond donors (Lipinski definition) is 2. The number of sulfone groups is 1. The van der Waals surface area contributed by atoms with Crippen LogP contribution in [0.5, 0.6) is 0 Å². The van der Waals surface area contributed by atoms with E-state index in [1.165, 1.54) is 18.2 Å². The minimum Gasteiger partial charge on any atom is -0.370 e. The highest BCUT2D eigenvalue weighted by Gasteiger charge is 2.10. The molecule has 0 saturated carbocycles. The van der Waals surface area contributed by atoms with Crippen LogP contribution in [-0.4, -0.2) is 20.6 Å². The molecule has 5 nitrogen and oxygen atoms in total. The van der Waals surface area contributed by atoms with E-state index in [1.54, 1.807) is 0 Å². The highest BCUT2D eigenvalue weighted by molar-refractivity contribution is 14.0. The maximum absolute atomic E-state index is 13.5. The fourth-order valence-corrected chi connectivity index (χ4v) is 3.42. The van der Waals surface area contributed by atoms with Gasteiger partial charge in [-0.05, 0) is 60.4 Å². The number of anilines is 1. The molecule has 3 N–H and O–H groups in total. The van der Waals surface area contributed by atoms with Gasteiger partial charge >= 0.3 is 0 Å². The maximum Gasteiger partial charge on any atom is 0.193 e. The standard InChI is InChI=1S/C18H22FN3O2S.HI/c1-12-6-13(2)8-17(7-12)22-18(20)21-10-15-9-16(19)5-4-14(15)11-25(3,23)24;/h4-9H,10-11H2,1-3H3,(H3,20,21,22);1H. The Labute approximate surface area is 170 Å². The van der Waals surface area contributed by atoms with Crippen LogP contribution in [0.15, 0.2) is 41.4 Å². The van der Waals surface area contributed by atoms with Crippen LogP contribution >= 0.6 is 24.0 Å². The Bertz CT molecular complexity index is 894. The molecular formula is C18H23FIN3O2S. The van der Waals surface area contributed by atoms with Crippen LogP contribution < -0.4 is 11.1 Å². The lowest BCUT2D eigenvalue weighted by atomic mass is 10.1. The molecule has 8 heteroatoms. The van der Waals surface area contributed by atoms with Crippen molar-refractivity contribution in [2.24, 2.45) is 10.7 Å². The number of hydrogen-bond acceptors (Lipinski definition) is 3. The summed E-state index contributed by atoms with van der Waals surface area (Å²) >= 11 is 0. The van der Waals surface area contributed by atoms with Crippen LogP contribution in [0.3, 0.4) is 0 Å². The summed E-state index contributed by atoms with van der Waals surface area (Å²) < 4.78 is 36.5. The van der Waals surface area contributed by atoms with E-state index in [0.29, 0.717) is 11.1 Å². The molecule has 0 radical (unpaired) electrons. The molecule has 2 rings (SSSR count). The molecule has 0 unspecified atom stereocenters. The Kier molecular flexibility index (Phi) is 8.01. The smallest absolute Gasteiger partial charge is 0.193 e. The highest BCUT2D eigenvalue weighted by Crippen LogP contribution is 2.16. The second kappa shape index (κ2) is 9.31. The SMILES string of the molecule is Cc1cc(C)cc(NC(N)=NCc2cc(F)ccc2CS(C)(=O)=O)c1.I. The van der Waals surface area contributed by atoms with Crippen molar-refractivity contribution in [1.29, 1.82) is 0 Å². The fourth-order valence-electron chi connectivity index (χ4n) is 2.57. The molecule has 2 aromatic carbocycles. The van der Waals surface area contributed by atoms with Gasteiger partial charge in [-0.1, -0.05) is 12.1 Å². The van der Waals surface area contributed by atoms with Gasteiger partial charge in [-0.3, -0.25) is 0 Å². The van der Waals surface area contributed by atoms with E-state index >= 15 is 0 Å². The molecular weight excluding hydrogens is 468 g/mol.